The lowest BCUT2D eigenvalue weighted by atomic mass is 10.0. The topological polar surface area (TPSA) is 83.1 Å². The van der Waals surface area contributed by atoms with Crippen molar-refractivity contribution in [1.82, 2.24) is 14.6 Å². The molecule has 0 unspecified atom stereocenters. The van der Waals surface area contributed by atoms with Crippen molar-refractivity contribution in [2.45, 2.75) is 20.3 Å². The van der Waals surface area contributed by atoms with Gasteiger partial charge in [0.25, 0.3) is 0 Å². The van der Waals surface area contributed by atoms with E-state index < -0.39 is 5.91 Å². The molecule has 3 aromatic rings. The highest BCUT2D eigenvalue weighted by molar-refractivity contribution is 7.15. The van der Waals surface area contributed by atoms with Gasteiger partial charge in [-0.2, -0.15) is 10.2 Å². The number of amides is 1. The molecule has 2 heterocycles. The third-order valence-corrected chi connectivity index (χ3v) is 4.05. The predicted molar refractivity (Wildman–Crippen MR) is 84.6 cm³/mol. The number of hydrogen-bond acceptors (Lipinski definition) is 5. The Labute approximate surface area is 131 Å². The van der Waals surface area contributed by atoms with E-state index in [1.54, 1.807) is 10.6 Å². The smallest absolute Gasteiger partial charge is 0.250 e. The number of anilines is 1. The van der Waals surface area contributed by atoms with Gasteiger partial charge in [0, 0.05) is 10.9 Å². The molecule has 3 rings (SSSR count). The molecule has 0 bridgehead atoms. The number of aryl methyl sites for hydroxylation is 2. The molecule has 0 saturated heterocycles. The van der Waals surface area contributed by atoms with Crippen molar-refractivity contribution >= 4 is 28.2 Å². The van der Waals surface area contributed by atoms with Gasteiger partial charge in [0.15, 0.2) is 0 Å². The van der Waals surface area contributed by atoms with Gasteiger partial charge in [-0.1, -0.05) is 23.8 Å². The zero-order valence-corrected chi connectivity index (χ0v) is 12.9. The Bertz CT molecular complexity index is 902. The summed E-state index contributed by atoms with van der Waals surface area (Å²) in [5.41, 5.74) is 4.38. The molecule has 0 radical (unpaired) electrons. The third-order valence-electron chi connectivity index (χ3n) is 3.23. The van der Waals surface area contributed by atoms with Gasteiger partial charge in [0.1, 0.15) is 6.42 Å². The van der Waals surface area contributed by atoms with Crippen molar-refractivity contribution < 1.29 is 4.79 Å². The Hall–Kier alpha value is -2.72. The van der Waals surface area contributed by atoms with E-state index in [1.165, 1.54) is 16.9 Å². The number of carbonyl (C=O) groups excluding carboxylic acids is 1. The van der Waals surface area contributed by atoms with E-state index in [1.807, 2.05) is 5.38 Å². The average Bonchev–Trinajstić information content (AvgIpc) is 2.99. The molecule has 0 aliphatic rings. The van der Waals surface area contributed by atoms with Crippen LogP contribution in [-0.2, 0) is 4.79 Å². The van der Waals surface area contributed by atoms with E-state index in [-0.39, 0.29) is 12.4 Å². The fraction of sp³-hybridized carbons (Fsp3) is 0.200. The minimum absolute atomic E-state index is 0.212. The SMILES string of the molecule is Cc1ccc(-c2csc3nc(NC(=O)CC#N)nn23)c(C)c1. The molecule has 1 amide bonds. The van der Waals surface area contributed by atoms with Crippen LogP contribution >= 0.6 is 11.3 Å². The first-order valence-corrected chi connectivity index (χ1v) is 7.55. The molecule has 2 aromatic heterocycles. The number of nitriles is 1. The first-order chi connectivity index (χ1) is 10.6. The maximum absolute atomic E-state index is 11.4. The molecule has 7 heteroatoms. The first kappa shape index (κ1) is 14.2. The Balaban J connectivity index is 2.00. The molecule has 0 spiro atoms. The molecule has 0 saturated carbocycles. The standard InChI is InChI=1S/C15H13N5OS/c1-9-3-4-11(10(2)7-9)12-8-22-15-18-14(19-20(12)15)17-13(21)5-6-16/h3-4,7-8H,5H2,1-2H3,(H,17,19,21). The Kier molecular flexibility index (Phi) is 3.61. The zero-order valence-electron chi connectivity index (χ0n) is 12.1. The van der Waals surface area contributed by atoms with Gasteiger partial charge < -0.3 is 0 Å². The number of fused-ring (bicyclic) bond motifs is 1. The Morgan fingerprint density at radius 1 is 1.45 bits per heavy atom. The largest absolute Gasteiger partial charge is 0.292 e. The predicted octanol–water partition coefficient (Wildman–Crippen LogP) is 2.93. The van der Waals surface area contributed by atoms with Crippen LogP contribution < -0.4 is 5.32 Å². The quantitative estimate of drug-likeness (QED) is 0.806. The highest BCUT2D eigenvalue weighted by Crippen LogP contribution is 2.28. The van der Waals surface area contributed by atoms with Crippen LogP contribution in [0.15, 0.2) is 23.6 Å². The van der Waals surface area contributed by atoms with Crippen LogP contribution in [0.1, 0.15) is 17.5 Å². The summed E-state index contributed by atoms with van der Waals surface area (Å²) in [6.45, 7) is 4.11. The summed E-state index contributed by atoms with van der Waals surface area (Å²) in [6.07, 6.45) is -0.212. The first-order valence-electron chi connectivity index (χ1n) is 6.67. The molecule has 22 heavy (non-hydrogen) atoms. The summed E-state index contributed by atoms with van der Waals surface area (Å²) in [7, 11) is 0. The van der Waals surface area contributed by atoms with Gasteiger partial charge in [-0.3, -0.25) is 10.1 Å². The third kappa shape index (κ3) is 2.56. The van der Waals surface area contributed by atoms with Crippen LogP contribution in [0, 0.1) is 25.2 Å². The molecule has 1 aromatic carbocycles. The number of rotatable bonds is 3. The summed E-state index contributed by atoms with van der Waals surface area (Å²) in [5, 5.41) is 17.3. The maximum atomic E-state index is 11.4. The monoisotopic (exact) mass is 311 g/mol. The maximum Gasteiger partial charge on any atom is 0.250 e. The number of hydrogen-bond donors (Lipinski definition) is 1. The van der Waals surface area contributed by atoms with Crippen LogP contribution in [-0.4, -0.2) is 20.5 Å². The molecule has 110 valence electrons. The van der Waals surface area contributed by atoms with Gasteiger partial charge in [-0.25, -0.2) is 4.52 Å². The molecular weight excluding hydrogens is 298 g/mol. The van der Waals surface area contributed by atoms with Crippen molar-refractivity contribution in [2.24, 2.45) is 0 Å². The van der Waals surface area contributed by atoms with Crippen molar-refractivity contribution in [1.29, 1.82) is 5.26 Å². The minimum atomic E-state index is -0.409. The Morgan fingerprint density at radius 2 is 2.27 bits per heavy atom. The molecular formula is C15H13N5OS. The summed E-state index contributed by atoms with van der Waals surface area (Å²) < 4.78 is 1.71. The highest BCUT2D eigenvalue weighted by atomic mass is 32.1. The molecule has 0 aliphatic carbocycles. The van der Waals surface area contributed by atoms with Crippen LogP contribution in [0.3, 0.4) is 0 Å². The zero-order chi connectivity index (χ0) is 15.7. The molecule has 0 atom stereocenters. The second-order valence-corrected chi connectivity index (χ2v) is 5.79. The fourth-order valence-corrected chi connectivity index (χ4v) is 3.08. The van der Waals surface area contributed by atoms with E-state index in [0.29, 0.717) is 4.96 Å². The lowest BCUT2D eigenvalue weighted by molar-refractivity contribution is -0.115. The van der Waals surface area contributed by atoms with E-state index in [9.17, 15) is 4.79 Å². The van der Waals surface area contributed by atoms with Crippen LogP contribution in [0.2, 0.25) is 0 Å². The average molecular weight is 311 g/mol. The van der Waals surface area contributed by atoms with Crippen LogP contribution in [0.4, 0.5) is 5.95 Å². The number of thiazole rings is 1. The number of nitrogens with one attached hydrogen (secondary N) is 1. The molecule has 1 N–H and O–H groups in total. The van der Waals surface area contributed by atoms with Crippen molar-refractivity contribution in [3.8, 4) is 17.3 Å². The summed E-state index contributed by atoms with van der Waals surface area (Å²) in [4.78, 5) is 16.4. The number of nitrogens with zero attached hydrogens (tertiary/aromatic N) is 4. The highest BCUT2D eigenvalue weighted by Gasteiger charge is 2.14. The van der Waals surface area contributed by atoms with Gasteiger partial charge in [0.2, 0.25) is 16.8 Å². The van der Waals surface area contributed by atoms with E-state index in [4.69, 9.17) is 5.26 Å². The minimum Gasteiger partial charge on any atom is -0.292 e. The normalized spacial score (nSPS) is 10.6. The van der Waals surface area contributed by atoms with Gasteiger partial charge in [0.05, 0.1) is 11.8 Å². The van der Waals surface area contributed by atoms with E-state index in [2.05, 4.69) is 47.4 Å². The van der Waals surface area contributed by atoms with E-state index >= 15 is 0 Å². The van der Waals surface area contributed by atoms with Gasteiger partial charge >= 0.3 is 0 Å². The van der Waals surface area contributed by atoms with E-state index in [0.717, 1.165) is 16.8 Å². The van der Waals surface area contributed by atoms with Crippen LogP contribution in [0.5, 0.6) is 0 Å². The number of carbonyl (C=O) groups is 1. The molecule has 0 aliphatic heterocycles. The number of aromatic nitrogens is 3. The molecule has 0 fully saturated rings. The number of benzene rings is 1. The summed E-state index contributed by atoms with van der Waals surface area (Å²) >= 11 is 1.46. The summed E-state index contributed by atoms with van der Waals surface area (Å²) in [6, 6.07) is 8.02. The second kappa shape index (κ2) is 5.58. The van der Waals surface area contributed by atoms with Gasteiger partial charge in [-0.15, -0.1) is 16.4 Å². The van der Waals surface area contributed by atoms with Crippen molar-refractivity contribution in [3.63, 3.8) is 0 Å². The summed E-state index contributed by atoms with van der Waals surface area (Å²) in [5.74, 6) is -0.188. The lowest BCUT2D eigenvalue weighted by Crippen LogP contribution is -2.11. The Morgan fingerprint density at radius 3 is 3.00 bits per heavy atom. The van der Waals surface area contributed by atoms with Gasteiger partial charge in [-0.05, 0) is 19.4 Å². The fourth-order valence-electron chi connectivity index (χ4n) is 2.26. The lowest BCUT2D eigenvalue weighted by Gasteiger charge is -2.05. The second-order valence-electron chi connectivity index (χ2n) is 4.95. The molecule has 6 nitrogen and oxygen atoms in total. The van der Waals surface area contributed by atoms with Crippen LogP contribution in [0.25, 0.3) is 16.2 Å². The van der Waals surface area contributed by atoms with Crippen molar-refractivity contribution in [3.05, 3.63) is 34.7 Å². The van der Waals surface area contributed by atoms with Crippen molar-refractivity contribution in [2.75, 3.05) is 5.32 Å².